The smallest absolute Gasteiger partial charge is 0.408 e. The molecule has 2 aliphatic rings. The molecule has 10 heteroatoms. The lowest BCUT2D eigenvalue weighted by atomic mass is 9.88. The molecule has 0 aromatic rings. The molecule has 0 unspecified atom stereocenters. The summed E-state index contributed by atoms with van der Waals surface area (Å²) < 4.78 is 10.3. The lowest BCUT2D eigenvalue weighted by molar-refractivity contribution is -0.147. The Bertz CT molecular complexity index is 766. The molecule has 0 aromatic carbocycles. The van der Waals surface area contributed by atoms with Gasteiger partial charge in [-0.05, 0) is 58.4 Å². The first-order valence-corrected chi connectivity index (χ1v) is 13.3. The standard InChI is InChI=1S/C26H46N4O6/c1-17(2)18-13-15-30-21(18)22(31)28-19(24(33)35-6)12-10-8-7-9-11-14-27-16-20(23(30)32)29-25(34)36-26(3,4)5/h17-21,27H,7-16H2,1-6H3,(H,28,31)(H,29,34)/t18-,19+,20+,21+/m1/s1. The van der Waals surface area contributed by atoms with E-state index in [0.717, 1.165) is 32.1 Å². The summed E-state index contributed by atoms with van der Waals surface area (Å²) in [5, 5.41) is 8.88. The average Bonchev–Trinajstić information content (AvgIpc) is 3.24. The van der Waals surface area contributed by atoms with Crippen LogP contribution in [0.25, 0.3) is 0 Å². The summed E-state index contributed by atoms with van der Waals surface area (Å²) in [6.07, 6.45) is 5.18. The molecular weight excluding hydrogens is 464 g/mol. The molecule has 2 rings (SSSR count). The lowest BCUT2D eigenvalue weighted by Crippen LogP contribution is -2.59. The van der Waals surface area contributed by atoms with E-state index in [1.807, 2.05) is 13.8 Å². The fourth-order valence-electron chi connectivity index (χ4n) is 4.97. The van der Waals surface area contributed by atoms with Crippen LogP contribution in [0.1, 0.15) is 79.6 Å². The maximum Gasteiger partial charge on any atom is 0.408 e. The molecule has 0 aliphatic carbocycles. The van der Waals surface area contributed by atoms with Gasteiger partial charge in [-0.3, -0.25) is 9.59 Å². The topological polar surface area (TPSA) is 126 Å². The molecule has 0 saturated carbocycles. The molecule has 2 heterocycles. The molecule has 0 aromatic heterocycles. The normalized spacial score (nSPS) is 27.2. The van der Waals surface area contributed by atoms with E-state index >= 15 is 0 Å². The zero-order valence-electron chi connectivity index (χ0n) is 22.9. The van der Waals surface area contributed by atoms with Crippen LogP contribution in [0.15, 0.2) is 0 Å². The Labute approximate surface area is 215 Å². The van der Waals surface area contributed by atoms with Gasteiger partial charge in [0.25, 0.3) is 0 Å². The molecule has 3 amide bonds. The van der Waals surface area contributed by atoms with Gasteiger partial charge in [0.1, 0.15) is 23.7 Å². The molecule has 4 atom stereocenters. The van der Waals surface area contributed by atoms with Crippen LogP contribution >= 0.6 is 0 Å². The van der Waals surface area contributed by atoms with Gasteiger partial charge in [-0.25, -0.2) is 9.59 Å². The van der Waals surface area contributed by atoms with Gasteiger partial charge in [0, 0.05) is 13.1 Å². The third-order valence-electron chi connectivity index (χ3n) is 6.84. The minimum Gasteiger partial charge on any atom is -0.467 e. The molecule has 206 valence electrons. The van der Waals surface area contributed by atoms with Crippen LogP contribution in [-0.4, -0.2) is 79.2 Å². The number of amides is 3. The molecule has 2 saturated heterocycles. The van der Waals surface area contributed by atoms with E-state index in [9.17, 15) is 19.2 Å². The summed E-state index contributed by atoms with van der Waals surface area (Å²) in [6, 6.07) is -2.37. The highest BCUT2D eigenvalue weighted by atomic mass is 16.6. The summed E-state index contributed by atoms with van der Waals surface area (Å²) in [6.45, 7) is 10.7. The first-order valence-electron chi connectivity index (χ1n) is 13.3. The number of nitrogens with zero attached hydrogens (tertiary/aromatic N) is 1. The summed E-state index contributed by atoms with van der Waals surface area (Å²) in [5.41, 5.74) is -0.708. The van der Waals surface area contributed by atoms with Crippen molar-refractivity contribution in [3.63, 3.8) is 0 Å². The number of carbonyl (C=O) groups is 4. The highest BCUT2D eigenvalue weighted by Crippen LogP contribution is 2.31. The molecule has 2 fully saturated rings. The monoisotopic (exact) mass is 510 g/mol. The van der Waals surface area contributed by atoms with Crippen LogP contribution in [-0.2, 0) is 23.9 Å². The fourth-order valence-corrected chi connectivity index (χ4v) is 4.97. The number of esters is 1. The highest BCUT2D eigenvalue weighted by Gasteiger charge is 2.45. The van der Waals surface area contributed by atoms with Gasteiger partial charge in [-0.1, -0.05) is 39.5 Å². The fraction of sp³-hybridized carbons (Fsp3) is 0.846. The Balaban J connectivity index is 2.33. The molecule has 0 radical (unpaired) electrons. The first kappa shape index (κ1) is 29.9. The largest absolute Gasteiger partial charge is 0.467 e. The number of ether oxygens (including phenoxy) is 2. The summed E-state index contributed by atoms with van der Waals surface area (Å²) >= 11 is 0. The van der Waals surface area contributed by atoms with Gasteiger partial charge in [0.2, 0.25) is 11.8 Å². The quantitative estimate of drug-likeness (QED) is 0.498. The van der Waals surface area contributed by atoms with E-state index in [1.54, 1.807) is 25.7 Å². The van der Waals surface area contributed by atoms with Crippen molar-refractivity contribution in [3.8, 4) is 0 Å². The van der Waals surface area contributed by atoms with Crippen LogP contribution in [0.2, 0.25) is 0 Å². The van der Waals surface area contributed by atoms with Crippen molar-refractivity contribution in [2.75, 3.05) is 26.7 Å². The van der Waals surface area contributed by atoms with Crippen LogP contribution in [0.5, 0.6) is 0 Å². The molecule has 36 heavy (non-hydrogen) atoms. The van der Waals surface area contributed by atoms with Gasteiger partial charge in [0.15, 0.2) is 0 Å². The second kappa shape index (κ2) is 13.8. The van der Waals surface area contributed by atoms with Crippen molar-refractivity contribution >= 4 is 23.9 Å². The second-order valence-corrected chi connectivity index (χ2v) is 11.2. The Morgan fingerprint density at radius 2 is 1.72 bits per heavy atom. The third-order valence-corrected chi connectivity index (χ3v) is 6.84. The first-order chi connectivity index (χ1) is 16.9. The predicted molar refractivity (Wildman–Crippen MR) is 136 cm³/mol. The van der Waals surface area contributed by atoms with Crippen LogP contribution < -0.4 is 16.0 Å². The van der Waals surface area contributed by atoms with Gasteiger partial charge in [0.05, 0.1) is 7.11 Å². The number of alkyl carbamates (subject to hydrolysis) is 1. The predicted octanol–water partition coefficient (Wildman–Crippen LogP) is 2.35. The number of carbonyl (C=O) groups excluding carboxylic acids is 4. The van der Waals surface area contributed by atoms with Gasteiger partial charge in [-0.2, -0.15) is 0 Å². The van der Waals surface area contributed by atoms with Crippen molar-refractivity contribution in [2.45, 2.75) is 103 Å². The Morgan fingerprint density at radius 1 is 1.06 bits per heavy atom. The van der Waals surface area contributed by atoms with Gasteiger partial charge >= 0.3 is 12.1 Å². The maximum atomic E-state index is 13.8. The van der Waals surface area contributed by atoms with E-state index in [-0.39, 0.29) is 30.2 Å². The number of nitrogens with one attached hydrogen (secondary N) is 3. The number of methoxy groups -OCH3 is 1. The number of fused-ring (bicyclic) bond motifs is 1. The SMILES string of the molecule is COC(=O)[C@@H]1CCCCCCCNC[C@H](NC(=O)OC(C)(C)C)C(=O)N2CC[C@H](C(C)C)[C@H]2C(=O)N1. The average molecular weight is 511 g/mol. The third kappa shape index (κ3) is 8.94. The molecule has 0 spiro atoms. The molecular formula is C26H46N4O6. The molecule has 2 aliphatic heterocycles. The zero-order chi connectivity index (χ0) is 26.9. The number of hydrogen-bond acceptors (Lipinski definition) is 7. The summed E-state index contributed by atoms with van der Waals surface area (Å²) in [4.78, 5) is 53.8. The second-order valence-electron chi connectivity index (χ2n) is 11.2. The molecule has 10 nitrogen and oxygen atoms in total. The van der Waals surface area contributed by atoms with Crippen molar-refractivity contribution in [2.24, 2.45) is 11.8 Å². The van der Waals surface area contributed by atoms with Crippen molar-refractivity contribution in [3.05, 3.63) is 0 Å². The van der Waals surface area contributed by atoms with E-state index in [2.05, 4.69) is 16.0 Å². The lowest BCUT2D eigenvalue weighted by Gasteiger charge is -2.33. The maximum absolute atomic E-state index is 13.8. The Morgan fingerprint density at radius 3 is 2.36 bits per heavy atom. The van der Waals surface area contributed by atoms with E-state index < -0.39 is 35.8 Å². The van der Waals surface area contributed by atoms with Crippen LogP contribution in [0.3, 0.4) is 0 Å². The molecule has 0 bridgehead atoms. The Kier molecular flexibility index (Phi) is 11.5. The van der Waals surface area contributed by atoms with Gasteiger partial charge < -0.3 is 30.3 Å². The highest BCUT2D eigenvalue weighted by molar-refractivity contribution is 5.94. The minimum absolute atomic E-state index is 0.0683. The van der Waals surface area contributed by atoms with E-state index in [1.165, 1.54) is 7.11 Å². The summed E-state index contributed by atoms with van der Waals surface area (Å²) in [5.74, 6) is -1.09. The van der Waals surface area contributed by atoms with Crippen LogP contribution in [0, 0.1) is 11.8 Å². The van der Waals surface area contributed by atoms with Crippen molar-refractivity contribution in [1.82, 2.24) is 20.9 Å². The Hall–Kier alpha value is -2.36. The molecule has 3 N–H and O–H groups in total. The number of rotatable bonds is 3. The van der Waals surface area contributed by atoms with Crippen molar-refractivity contribution in [1.29, 1.82) is 0 Å². The van der Waals surface area contributed by atoms with Crippen molar-refractivity contribution < 1.29 is 28.7 Å². The summed E-state index contributed by atoms with van der Waals surface area (Å²) in [7, 11) is 1.32. The van der Waals surface area contributed by atoms with E-state index in [0.29, 0.717) is 25.9 Å². The van der Waals surface area contributed by atoms with E-state index in [4.69, 9.17) is 9.47 Å². The minimum atomic E-state index is -0.884. The van der Waals surface area contributed by atoms with Crippen LogP contribution in [0.4, 0.5) is 4.79 Å². The van der Waals surface area contributed by atoms with Gasteiger partial charge in [-0.15, -0.1) is 0 Å². The number of hydrogen-bond donors (Lipinski definition) is 3. The zero-order valence-corrected chi connectivity index (χ0v) is 22.9.